The van der Waals surface area contributed by atoms with Gasteiger partial charge in [0.1, 0.15) is 0 Å². The lowest BCUT2D eigenvalue weighted by Crippen LogP contribution is -2.43. The number of hydrogen-bond donors (Lipinski definition) is 1. The van der Waals surface area contributed by atoms with Gasteiger partial charge in [0, 0.05) is 37.2 Å². The predicted molar refractivity (Wildman–Crippen MR) is 56.2 cm³/mol. The first-order valence-electron chi connectivity index (χ1n) is 9.64. The molecule has 14 heavy (non-hydrogen) atoms. The second-order valence-electron chi connectivity index (χ2n) is 2.27. The molecule has 1 aromatic carbocycles. The Morgan fingerprint density at radius 3 is 3.00 bits per heavy atom. The first-order chi connectivity index (χ1) is 11.5. The van der Waals surface area contributed by atoms with Gasteiger partial charge in [0.25, 0.3) is 0 Å². The molecular weight excluding hydrogens is 174 g/mol. The van der Waals surface area contributed by atoms with E-state index in [9.17, 15) is 0 Å². The van der Waals surface area contributed by atoms with Crippen molar-refractivity contribution < 1.29 is 16.4 Å². The van der Waals surface area contributed by atoms with Crippen LogP contribution in [0, 0.1) is 11.3 Å². The minimum absolute atomic E-state index is 0.0700. The lowest BCUT2D eigenvalue weighted by atomic mass is 10.2. The fourth-order valence-electron chi connectivity index (χ4n) is 0.840. The van der Waals surface area contributed by atoms with E-state index >= 15 is 0 Å². The fourth-order valence-corrected chi connectivity index (χ4v) is 0.840. The lowest BCUT2D eigenvalue weighted by molar-refractivity contribution is 0.589. The van der Waals surface area contributed by atoms with E-state index in [0.717, 1.165) is 0 Å². The Labute approximate surface area is 101 Å². The maximum absolute atomic E-state index is 9.10. The molecule has 1 fully saturated rings. The van der Waals surface area contributed by atoms with Crippen LogP contribution >= 0.6 is 0 Å². The molecule has 0 saturated carbocycles. The second kappa shape index (κ2) is 4.12. The number of nitriles is 1. The Morgan fingerprint density at radius 1 is 1.50 bits per heavy atom. The number of anilines is 1. The van der Waals surface area contributed by atoms with Gasteiger partial charge in [-0.25, -0.2) is 0 Å². The van der Waals surface area contributed by atoms with Crippen LogP contribution in [0.25, 0.3) is 0 Å². The van der Waals surface area contributed by atoms with E-state index in [2.05, 4.69) is 0 Å². The quantitative estimate of drug-likeness (QED) is 0.732. The Kier molecular flexibility index (Phi) is 0.744. The van der Waals surface area contributed by atoms with Gasteiger partial charge in [-0.2, -0.15) is 5.26 Å². The standard InChI is InChI=1S/C11H13N3/c12-9-10-2-1-3-11(8-10)14-6-4-13-5-7-14/h1-3,8,13H,4-7H2/i1D,2D,3D,4D2,5D2,6D2,7D2,8D. The first kappa shape index (κ1) is 2.53. The van der Waals surface area contributed by atoms with Crippen LogP contribution in [-0.2, 0) is 0 Å². The van der Waals surface area contributed by atoms with Crippen LogP contribution in [0.5, 0.6) is 0 Å². The van der Waals surface area contributed by atoms with Crippen LogP contribution in [0.15, 0.2) is 24.2 Å². The van der Waals surface area contributed by atoms with Crippen LogP contribution in [0.4, 0.5) is 5.69 Å². The van der Waals surface area contributed by atoms with Crippen molar-refractivity contribution in [2.45, 2.75) is 0 Å². The van der Waals surface area contributed by atoms with Crippen molar-refractivity contribution in [1.82, 2.24) is 5.32 Å². The summed E-state index contributed by atoms with van der Waals surface area (Å²) in [5.74, 6) is 0. The maximum Gasteiger partial charge on any atom is 0.0992 e. The van der Waals surface area contributed by atoms with Gasteiger partial charge in [0.05, 0.1) is 22.6 Å². The van der Waals surface area contributed by atoms with Crippen molar-refractivity contribution in [2.24, 2.45) is 0 Å². The summed E-state index contributed by atoms with van der Waals surface area (Å²) in [6, 6.07) is -2.16. The molecule has 0 aromatic heterocycles. The zero-order valence-corrected chi connectivity index (χ0v) is 6.89. The highest BCUT2D eigenvalue weighted by Crippen LogP contribution is 2.15. The van der Waals surface area contributed by atoms with Crippen LogP contribution in [0.2, 0.25) is 0 Å². The van der Waals surface area contributed by atoms with Gasteiger partial charge in [-0.15, -0.1) is 0 Å². The molecular formula is C11H13N3. The van der Waals surface area contributed by atoms with E-state index in [1.165, 1.54) is 6.07 Å². The molecule has 0 unspecified atom stereocenters. The maximum atomic E-state index is 9.10. The Hall–Kier alpha value is -1.53. The molecule has 3 nitrogen and oxygen atoms in total. The van der Waals surface area contributed by atoms with Crippen molar-refractivity contribution in [3.63, 3.8) is 0 Å². The topological polar surface area (TPSA) is 39.1 Å². The average Bonchev–Trinajstić information content (AvgIpc) is 2.47. The van der Waals surface area contributed by atoms with Gasteiger partial charge in [0.2, 0.25) is 0 Å². The highest BCUT2D eigenvalue weighted by Gasteiger charge is 2.09. The van der Waals surface area contributed by atoms with Gasteiger partial charge >= 0.3 is 0 Å². The van der Waals surface area contributed by atoms with Gasteiger partial charge in [0.15, 0.2) is 0 Å². The monoisotopic (exact) mass is 199 g/mol. The Bertz CT molecular complexity index is 786. The van der Waals surface area contributed by atoms with Crippen molar-refractivity contribution in [1.29, 1.82) is 5.26 Å². The van der Waals surface area contributed by atoms with Crippen molar-refractivity contribution in [2.75, 3.05) is 30.9 Å². The summed E-state index contributed by atoms with van der Waals surface area (Å²) in [6.07, 6.45) is 0. The Balaban J connectivity index is 2.97. The first-order valence-corrected chi connectivity index (χ1v) is 3.64. The van der Waals surface area contributed by atoms with E-state index < -0.39 is 61.4 Å². The molecule has 0 amide bonds. The zero-order chi connectivity index (χ0) is 20.5. The third kappa shape index (κ3) is 1.86. The van der Waals surface area contributed by atoms with E-state index in [4.69, 9.17) is 21.7 Å². The molecule has 0 spiro atoms. The summed E-state index contributed by atoms with van der Waals surface area (Å²) >= 11 is 0. The number of hydrogen-bond acceptors (Lipinski definition) is 3. The third-order valence-electron chi connectivity index (χ3n) is 1.41. The highest BCUT2D eigenvalue weighted by molar-refractivity contribution is 5.51. The lowest BCUT2D eigenvalue weighted by Gasteiger charge is -2.29. The number of nitrogens with one attached hydrogen (secondary N) is 1. The number of piperazine rings is 1. The highest BCUT2D eigenvalue weighted by atomic mass is 15.2. The van der Waals surface area contributed by atoms with Crippen LogP contribution in [0.1, 0.15) is 22.0 Å². The summed E-state index contributed by atoms with van der Waals surface area (Å²) in [5, 5.41) is 10.7. The fraction of sp³-hybridized carbons (Fsp3) is 0.364. The molecule has 0 bridgehead atoms. The van der Waals surface area contributed by atoms with Crippen molar-refractivity contribution >= 4 is 5.69 Å². The van der Waals surface area contributed by atoms with Crippen LogP contribution < -0.4 is 10.2 Å². The summed E-state index contributed by atoms with van der Waals surface area (Å²) in [4.78, 5) is -0.0700. The molecule has 1 aliphatic rings. The molecule has 3 heteroatoms. The second-order valence-corrected chi connectivity index (χ2v) is 2.27. The van der Waals surface area contributed by atoms with Crippen LogP contribution in [-0.4, -0.2) is 26.0 Å². The summed E-state index contributed by atoms with van der Waals surface area (Å²) in [7, 11) is 0. The minimum atomic E-state index is -3.31. The molecule has 0 radical (unpaired) electrons. The summed E-state index contributed by atoms with van der Waals surface area (Å²) < 4.78 is 94.2. The average molecular weight is 199 g/mol. The molecule has 0 aliphatic carbocycles. The molecule has 2 rings (SSSR count). The normalized spacial score (nSPS) is 43.2. The molecule has 1 saturated heterocycles. The van der Waals surface area contributed by atoms with E-state index in [0.29, 0.717) is 0 Å². The van der Waals surface area contributed by atoms with E-state index in [-0.39, 0.29) is 4.90 Å². The minimum Gasteiger partial charge on any atom is -0.369 e. The SMILES string of the molecule is [2H]c1c([2H])c(C#N)c([2H])c(N2C([2H])([2H])C([2H])([2H])NC([2H])([2H])C2([2H])[2H])c1[2H]. The van der Waals surface area contributed by atoms with Gasteiger partial charge in [-0.3, -0.25) is 0 Å². The molecule has 1 N–H and O–H groups in total. The Morgan fingerprint density at radius 2 is 2.29 bits per heavy atom. The van der Waals surface area contributed by atoms with E-state index in [1.54, 1.807) is 5.32 Å². The summed E-state index contributed by atoms with van der Waals surface area (Å²) in [5.41, 5.74) is -1.71. The van der Waals surface area contributed by atoms with Gasteiger partial charge in [-0.1, -0.05) is 6.04 Å². The van der Waals surface area contributed by atoms with Crippen molar-refractivity contribution in [3.8, 4) is 6.07 Å². The van der Waals surface area contributed by atoms with Gasteiger partial charge < -0.3 is 10.2 Å². The smallest absolute Gasteiger partial charge is 0.0992 e. The van der Waals surface area contributed by atoms with E-state index in [1.807, 2.05) is 0 Å². The number of rotatable bonds is 1. The predicted octanol–water partition coefficient (Wildman–Crippen LogP) is 0.968. The van der Waals surface area contributed by atoms with Crippen molar-refractivity contribution in [3.05, 3.63) is 29.7 Å². The number of nitrogens with zero attached hydrogens (tertiary/aromatic N) is 2. The molecule has 1 heterocycles. The van der Waals surface area contributed by atoms with Gasteiger partial charge in [-0.05, 0) is 18.1 Å². The van der Waals surface area contributed by atoms with Crippen LogP contribution in [0.3, 0.4) is 0 Å². The molecule has 1 aromatic rings. The zero-order valence-electron chi connectivity index (χ0n) is 18.9. The largest absolute Gasteiger partial charge is 0.369 e. The summed E-state index contributed by atoms with van der Waals surface area (Å²) in [6.45, 7) is -12.9. The third-order valence-corrected chi connectivity index (χ3v) is 1.41. The molecule has 0 atom stereocenters. The number of benzene rings is 1. The molecule has 1 aliphatic heterocycles. The molecule has 72 valence electrons.